The van der Waals surface area contributed by atoms with Crippen LogP contribution in [-0.4, -0.2) is 35.3 Å². The highest BCUT2D eigenvalue weighted by atomic mass is 35.5. The van der Waals surface area contributed by atoms with Gasteiger partial charge in [0, 0.05) is 5.88 Å². The number of aliphatic hydroxyl groups is 2. The van der Waals surface area contributed by atoms with Crippen molar-refractivity contribution in [3.05, 3.63) is 35.4 Å². The number of aliphatic hydroxyl groups excluding tert-OH is 2. The number of methoxy groups -OCH3 is 1. The molecule has 18 heavy (non-hydrogen) atoms. The van der Waals surface area contributed by atoms with Crippen molar-refractivity contribution in [1.82, 2.24) is 0 Å². The molecule has 1 aromatic rings. The van der Waals surface area contributed by atoms with Crippen LogP contribution in [0.1, 0.15) is 23.7 Å². The Hall–Kier alpha value is -1.10. The van der Waals surface area contributed by atoms with E-state index >= 15 is 0 Å². The van der Waals surface area contributed by atoms with Crippen molar-refractivity contribution in [1.29, 1.82) is 0 Å². The summed E-state index contributed by atoms with van der Waals surface area (Å²) in [5, 5.41) is 19.8. The lowest BCUT2D eigenvalue weighted by Crippen LogP contribution is -2.20. The van der Waals surface area contributed by atoms with Gasteiger partial charge in [-0.15, -0.1) is 11.6 Å². The smallest absolute Gasteiger partial charge is 0.309 e. The van der Waals surface area contributed by atoms with E-state index in [4.69, 9.17) is 11.6 Å². The third kappa shape index (κ3) is 3.98. The zero-order valence-electron chi connectivity index (χ0n) is 10.2. The Morgan fingerprint density at radius 2 is 2.06 bits per heavy atom. The van der Waals surface area contributed by atoms with Crippen LogP contribution < -0.4 is 0 Å². The van der Waals surface area contributed by atoms with E-state index in [0.717, 1.165) is 0 Å². The van der Waals surface area contributed by atoms with Crippen molar-refractivity contribution < 1.29 is 19.7 Å². The Labute approximate surface area is 111 Å². The molecule has 0 heterocycles. The second-order valence-corrected chi connectivity index (χ2v) is 4.32. The molecule has 2 N–H and O–H groups in total. The quantitative estimate of drug-likeness (QED) is 0.607. The Morgan fingerprint density at radius 1 is 1.39 bits per heavy atom. The summed E-state index contributed by atoms with van der Waals surface area (Å²) < 4.78 is 4.59. The van der Waals surface area contributed by atoms with Gasteiger partial charge in [-0.1, -0.05) is 24.3 Å². The van der Waals surface area contributed by atoms with Gasteiger partial charge in [-0.3, -0.25) is 4.79 Å². The first kappa shape index (κ1) is 15.0. The molecule has 2 unspecified atom stereocenters. The van der Waals surface area contributed by atoms with Crippen LogP contribution in [-0.2, 0) is 16.0 Å². The molecule has 0 spiro atoms. The largest absolute Gasteiger partial charge is 0.469 e. The maximum absolute atomic E-state index is 11.3. The summed E-state index contributed by atoms with van der Waals surface area (Å²) in [6.45, 7) is 0. The molecule has 1 aromatic carbocycles. The molecule has 5 heteroatoms. The first-order chi connectivity index (χ1) is 8.60. The Kier molecular flexibility index (Phi) is 6.12. The van der Waals surface area contributed by atoms with Crippen molar-refractivity contribution >= 4 is 17.6 Å². The Morgan fingerprint density at radius 3 is 2.67 bits per heavy atom. The molecular formula is C13H17ClO4. The van der Waals surface area contributed by atoms with Gasteiger partial charge >= 0.3 is 5.97 Å². The highest BCUT2D eigenvalue weighted by Crippen LogP contribution is 2.23. The van der Waals surface area contributed by atoms with Crippen molar-refractivity contribution in [2.24, 2.45) is 0 Å². The minimum Gasteiger partial charge on any atom is -0.469 e. The molecule has 0 bridgehead atoms. The molecule has 0 saturated heterocycles. The lowest BCUT2D eigenvalue weighted by atomic mass is 9.96. The minimum absolute atomic E-state index is 0.0668. The van der Waals surface area contributed by atoms with E-state index < -0.39 is 12.2 Å². The van der Waals surface area contributed by atoms with E-state index in [1.807, 2.05) is 0 Å². The topological polar surface area (TPSA) is 66.8 Å². The van der Waals surface area contributed by atoms with E-state index in [2.05, 4.69) is 4.74 Å². The lowest BCUT2D eigenvalue weighted by molar-refractivity contribution is -0.139. The molecule has 0 aliphatic heterocycles. The average molecular weight is 273 g/mol. The first-order valence-electron chi connectivity index (χ1n) is 5.66. The second kappa shape index (κ2) is 7.36. The van der Waals surface area contributed by atoms with Crippen molar-refractivity contribution in [2.75, 3.05) is 13.0 Å². The maximum atomic E-state index is 11.3. The minimum atomic E-state index is -1.05. The summed E-state index contributed by atoms with van der Waals surface area (Å²) in [7, 11) is 1.31. The molecule has 0 amide bonds. The molecule has 4 nitrogen and oxygen atoms in total. The predicted molar refractivity (Wildman–Crippen MR) is 68.5 cm³/mol. The molecule has 0 aliphatic carbocycles. The molecule has 100 valence electrons. The molecule has 0 fully saturated rings. The molecule has 0 radical (unpaired) electrons. The predicted octanol–water partition coefficient (Wildman–Crippen LogP) is 1.43. The van der Waals surface area contributed by atoms with Gasteiger partial charge in [0.25, 0.3) is 0 Å². The molecule has 0 aromatic heterocycles. The summed E-state index contributed by atoms with van der Waals surface area (Å²) >= 11 is 5.53. The number of hydrogen-bond donors (Lipinski definition) is 2. The number of carbonyl (C=O) groups is 1. The van der Waals surface area contributed by atoms with Gasteiger partial charge in [0.2, 0.25) is 0 Å². The zero-order chi connectivity index (χ0) is 13.5. The number of rotatable bonds is 6. The van der Waals surface area contributed by atoms with E-state index in [1.54, 1.807) is 24.3 Å². The van der Waals surface area contributed by atoms with Crippen LogP contribution in [0.4, 0.5) is 0 Å². The average Bonchev–Trinajstić information content (AvgIpc) is 2.38. The monoisotopic (exact) mass is 272 g/mol. The number of esters is 1. The van der Waals surface area contributed by atoms with E-state index in [-0.39, 0.29) is 24.7 Å². The van der Waals surface area contributed by atoms with Crippen LogP contribution in [0.3, 0.4) is 0 Å². The van der Waals surface area contributed by atoms with Gasteiger partial charge in [0.15, 0.2) is 0 Å². The van der Waals surface area contributed by atoms with Crippen molar-refractivity contribution in [2.45, 2.75) is 25.0 Å². The standard InChI is InChI=1S/C13H17ClO4/c1-18-12(16)8-9-4-2-3-5-10(9)13(17)11(15)6-7-14/h2-5,11,13,15,17H,6-8H2,1H3. The highest BCUT2D eigenvalue weighted by Gasteiger charge is 2.21. The number of halogens is 1. The van der Waals surface area contributed by atoms with Crippen LogP contribution in [0.2, 0.25) is 0 Å². The normalized spacial score (nSPS) is 14.0. The van der Waals surface area contributed by atoms with Crippen LogP contribution in [0.15, 0.2) is 24.3 Å². The van der Waals surface area contributed by atoms with Crippen molar-refractivity contribution in [3.63, 3.8) is 0 Å². The summed E-state index contributed by atoms with van der Waals surface area (Å²) in [6.07, 6.45) is -1.64. The van der Waals surface area contributed by atoms with Gasteiger partial charge in [-0.25, -0.2) is 0 Å². The van der Waals surface area contributed by atoms with Gasteiger partial charge < -0.3 is 14.9 Å². The fraction of sp³-hybridized carbons (Fsp3) is 0.462. The molecule has 1 rings (SSSR count). The molecule has 0 saturated carbocycles. The van der Waals surface area contributed by atoms with Crippen LogP contribution in [0, 0.1) is 0 Å². The summed E-state index contributed by atoms with van der Waals surface area (Å²) in [5.74, 6) is -0.126. The van der Waals surface area contributed by atoms with E-state index in [0.29, 0.717) is 11.1 Å². The number of alkyl halides is 1. The number of carbonyl (C=O) groups excluding carboxylic acids is 1. The van der Waals surface area contributed by atoms with Crippen molar-refractivity contribution in [3.8, 4) is 0 Å². The van der Waals surface area contributed by atoms with Gasteiger partial charge in [0.1, 0.15) is 6.10 Å². The third-order valence-electron chi connectivity index (χ3n) is 2.71. The number of ether oxygens (including phenoxy) is 1. The van der Waals surface area contributed by atoms with Crippen LogP contribution in [0.5, 0.6) is 0 Å². The fourth-order valence-electron chi connectivity index (χ4n) is 1.69. The molecule has 2 atom stereocenters. The Bertz CT molecular complexity index is 394. The van der Waals surface area contributed by atoms with E-state index in [1.165, 1.54) is 7.11 Å². The Balaban J connectivity index is 2.90. The van der Waals surface area contributed by atoms with Gasteiger partial charge in [-0.2, -0.15) is 0 Å². The number of hydrogen-bond acceptors (Lipinski definition) is 4. The van der Waals surface area contributed by atoms with Gasteiger partial charge in [-0.05, 0) is 17.5 Å². The summed E-state index contributed by atoms with van der Waals surface area (Å²) in [4.78, 5) is 11.3. The van der Waals surface area contributed by atoms with Gasteiger partial charge in [0.05, 0.1) is 19.6 Å². The summed E-state index contributed by atoms with van der Waals surface area (Å²) in [5.41, 5.74) is 1.17. The third-order valence-corrected chi connectivity index (χ3v) is 2.92. The fourth-order valence-corrected chi connectivity index (χ4v) is 1.91. The lowest BCUT2D eigenvalue weighted by Gasteiger charge is -2.19. The zero-order valence-corrected chi connectivity index (χ0v) is 10.9. The van der Waals surface area contributed by atoms with Crippen LogP contribution >= 0.6 is 11.6 Å². The highest BCUT2D eigenvalue weighted by molar-refractivity contribution is 6.17. The molecule has 0 aliphatic rings. The summed E-state index contributed by atoms with van der Waals surface area (Å²) in [6, 6.07) is 6.92. The molecular weight excluding hydrogens is 256 g/mol. The first-order valence-corrected chi connectivity index (χ1v) is 6.20. The maximum Gasteiger partial charge on any atom is 0.309 e. The SMILES string of the molecule is COC(=O)Cc1ccccc1C(O)C(O)CCCl. The number of benzene rings is 1. The van der Waals surface area contributed by atoms with Crippen LogP contribution in [0.25, 0.3) is 0 Å². The van der Waals surface area contributed by atoms with E-state index in [9.17, 15) is 15.0 Å². The second-order valence-electron chi connectivity index (χ2n) is 3.94.